The molecule has 11 nitrogen and oxygen atoms in total. The lowest BCUT2D eigenvalue weighted by molar-refractivity contribution is 0.439. The van der Waals surface area contributed by atoms with Crippen molar-refractivity contribution in [2.75, 3.05) is 30.4 Å². The van der Waals surface area contributed by atoms with Gasteiger partial charge in [0.25, 0.3) is 0 Å². The fraction of sp³-hybridized carbons (Fsp3) is 0.300. The minimum atomic E-state index is -3.72. The van der Waals surface area contributed by atoms with Gasteiger partial charge in [0, 0.05) is 25.5 Å². The van der Waals surface area contributed by atoms with Crippen LogP contribution in [-0.2, 0) is 10.0 Å². The topological polar surface area (TPSA) is 152 Å². The van der Waals surface area contributed by atoms with E-state index >= 15 is 0 Å². The highest BCUT2D eigenvalue weighted by atomic mass is 32.2. The lowest BCUT2D eigenvalue weighted by atomic mass is 10.1. The van der Waals surface area contributed by atoms with E-state index in [0.717, 1.165) is 0 Å². The molecule has 4 N–H and O–H groups in total. The first-order valence-electron chi connectivity index (χ1n) is 10.2. The fourth-order valence-electron chi connectivity index (χ4n) is 4.02. The van der Waals surface area contributed by atoms with E-state index in [1.54, 1.807) is 18.9 Å². The van der Waals surface area contributed by atoms with Crippen molar-refractivity contribution in [1.82, 2.24) is 24.9 Å². The molecule has 33 heavy (non-hydrogen) atoms. The predicted molar refractivity (Wildman–Crippen MR) is 121 cm³/mol. The number of anilines is 2. The smallest absolute Gasteiger partial charge is 0.326 e. The van der Waals surface area contributed by atoms with Gasteiger partial charge in [-0.25, -0.2) is 27.9 Å². The van der Waals surface area contributed by atoms with Crippen LogP contribution in [0.5, 0.6) is 11.8 Å². The number of hydrogen-bond acceptors (Lipinski definition) is 9. The van der Waals surface area contributed by atoms with Gasteiger partial charge in [0.15, 0.2) is 5.75 Å². The molecule has 1 saturated heterocycles. The second kappa shape index (κ2) is 7.78. The van der Waals surface area contributed by atoms with Crippen LogP contribution in [0.4, 0.5) is 15.9 Å². The number of halogens is 1. The van der Waals surface area contributed by atoms with Gasteiger partial charge in [-0.2, -0.15) is 9.97 Å². The third-order valence-electron chi connectivity index (χ3n) is 5.63. The number of primary sulfonamides is 1. The first kappa shape index (κ1) is 21.3. The summed E-state index contributed by atoms with van der Waals surface area (Å²) in [7, 11) is -2.03. The predicted octanol–water partition coefficient (Wildman–Crippen LogP) is 2.05. The van der Waals surface area contributed by atoms with Gasteiger partial charge in [0.1, 0.15) is 23.1 Å². The zero-order chi connectivity index (χ0) is 23.3. The number of nitrogens with one attached hydrogen (secondary N) is 2. The van der Waals surface area contributed by atoms with E-state index < -0.39 is 21.1 Å². The van der Waals surface area contributed by atoms with Crippen LogP contribution in [0.2, 0.25) is 0 Å². The molecule has 1 unspecified atom stereocenters. The number of fused-ring (bicyclic) bond motifs is 3. The molecule has 0 aliphatic carbocycles. The Morgan fingerprint density at radius 1 is 1.27 bits per heavy atom. The molecule has 172 valence electrons. The number of nitrogens with two attached hydrogens (primary N) is 1. The Morgan fingerprint density at radius 3 is 2.70 bits per heavy atom. The lowest BCUT2D eigenvalue weighted by Crippen LogP contribution is -2.32. The van der Waals surface area contributed by atoms with Gasteiger partial charge in [0.2, 0.25) is 10.0 Å². The maximum Gasteiger partial charge on any atom is 0.326 e. The van der Waals surface area contributed by atoms with Gasteiger partial charge >= 0.3 is 6.01 Å². The molecule has 0 radical (unpaired) electrons. The molecular weight excluding hydrogens is 451 g/mol. The highest BCUT2D eigenvalue weighted by molar-refractivity contribution is 7.89. The third-order valence-corrected chi connectivity index (χ3v) is 6.94. The van der Waals surface area contributed by atoms with E-state index in [0.29, 0.717) is 58.0 Å². The summed E-state index contributed by atoms with van der Waals surface area (Å²) in [5.74, 6) is 0.920. The molecule has 4 heterocycles. The number of nitrogens with zero attached hydrogens (tertiary/aromatic N) is 5. The van der Waals surface area contributed by atoms with Crippen molar-refractivity contribution < 1.29 is 17.5 Å². The zero-order valence-electron chi connectivity index (χ0n) is 17.8. The second-order valence-electron chi connectivity index (χ2n) is 7.82. The van der Waals surface area contributed by atoms with Crippen LogP contribution >= 0.6 is 0 Å². The van der Waals surface area contributed by atoms with E-state index in [4.69, 9.17) is 9.88 Å². The van der Waals surface area contributed by atoms with E-state index in [-0.39, 0.29) is 12.6 Å². The van der Waals surface area contributed by atoms with Gasteiger partial charge in [-0.3, -0.25) is 0 Å². The normalized spacial score (nSPS) is 16.6. The maximum atomic E-state index is 14.4. The second-order valence-corrected chi connectivity index (χ2v) is 9.66. The Labute approximate surface area is 188 Å². The summed E-state index contributed by atoms with van der Waals surface area (Å²) in [4.78, 5) is 22.2. The summed E-state index contributed by atoms with van der Waals surface area (Å²) < 4.78 is 44.0. The van der Waals surface area contributed by atoms with Gasteiger partial charge in [-0.15, -0.1) is 0 Å². The first-order chi connectivity index (χ1) is 15.7. The van der Waals surface area contributed by atoms with Crippen molar-refractivity contribution in [3.05, 3.63) is 36.2 Å². The quantitative estimate of drug-likeness (QED) is 0.396. The van der Waals surface area contributed by atoms with Crippen LogP contribution in [0.15, 0.2) is 24.5 Å². The van der Waals surface area contributed by atoms with Gasteiger partial charge < -0.3 is 19.9 Å². The van der Waals surface area contributed by atoms with Crippen molar-refractivity contribution in [3.63, 3.8) is 0 Å². The highest BCUT2D eigenvalue weighted by Gasteiger charge is 2.33. The Morgan fingerprint density at radius 2 is 2.03 bits per heavy atom. The molecule has 1 atom stereocenters. The molecule has 1 aromatic carbocycles. The summed E-state index contributed by atoms with van der Waals surface area (Å²) in [5, 5.41) is 8.74. The molecule has 1 aliphatic heterocycles. The number of rotatable bonds is 5. The van der Waals surface area contributed by atoms with Crippen LogP contribution < -0.4 is 20.1 Å². The third kappa shape index (κ3) is 3.89. The van der Waals surface area contributed by atoms with E-state index in [2.05, 4.69) is 30.2 Å². The SMILES string of the molecule is CNc1cc(F)cc2c1[nH]c1nc(Oc3cnc(C)nc3)nc(N3CCC(S(N)(=O)=O)C3)c12. The van der Waals surface area contributed by atoms with Crippen molar-refractivity contribution in [2.24, 2.45) is 5.14 Å². The minimum Gasteiger partial charge on any atom is -0.421 e. The molecule has 0 spiro atoms. The number of ether oxygens (including phenoxy) is 1. The fourth-order valence-corrected chi connectivity index (χ4v) is 4.85. The number of H-pyrrole nitrogens is 1. The Hall–Kier alpha value is -3.58. The van der Waals surface area contributed by atoms with Gasteiger partial charge in [-0.05, 0) is 25.5 Å². The summed E-state index contributed by atoms with van der Waals surface area (Å²) >= 11 is 0. The average molecular weight is 473 g/mol. The van der Waals surface area contributed by atoms with Crippen LogP contribution in [-0.4, -0.2) is 58.7 Å². The molecule has 0 bridgehead atoms. The van der Waals surface area contributed by atoms with Crippen molar-refractivity contribution in [1.29, 1.82) is 0 Å². The number of benzene rings is 1. The van der Waals surface area contributed by atoms with Crippen molar-refractivity contribution in [3.8, 4) is 11.8 Å². The number of aromatic amines is 1. The molecule has 13 heteroatoms. The van der Waals surface area contributed by atoms with Gasteiger partial charge in [-0.1, -0.05) is 0 Å². The largest absolute Gasteiger partial charge is 0.421 e. The van der Waals surface area contributed by atoms with Crippen LogP contribution in [0.3, 0.4) is 0 Å². The molecule has 3 aromatic heterocycles. The summed E-state index contributed by atoms with van der Waals surface area (Å²) in [6.45, 7) is 2.31. The molecule has 5 rings (SSSR count). The number of aryl methyl sites for hydroxylation is 1. The van der Waals surface area contributed by atoms with Crippen molar-refractivity contribution >= 4 is 43.5 Å². The van der Waals surface area contributed by atoms with Crippen molar-refractivity contribution in [2.45, 2.75) is 18.6 Å². The molecule has 1 fully saturated rings. The van der Waals surface area contributed by atoms with E-state index in [9.17, 15) is 12.8 Å². The standard InChI is InChI=1S/C20H21FN8O3S/c1-10-24-7-12(8-25-10)32-20-27-18-16(14-5-11(21)6-15(23-2)17(14)26-18)19(28-20)29-4-3-13(9-29)33(22,30)31/h5-8,13,23H,3-4,9H2,1-2H3,(H2,22,30,31)(H,26,27,28). The van der Waals surface area contributed by atoms with Crippen LogP contribution in [0.1, 0.15) is 12.2 Å². The molecule has 1 aliphatic rings. The Balaban J connectivity index is 1.69. The average Bonchev–Trinajstić information content (AvgIpc) is 3.39. The first-order valence-corrected chi connectivity index (χ1v) is 11.8. The monoisotopic (exact) mass is 472 g/mol. The molecule has 4 aromatic rings. The lowest BCUT2D eigenvalue weighted by Gasteiger charge is -2.19. The molecular formula is C20H21FN8O3S. The summed E-state index contributed by atoms with van der Waals surface area (Å²) in [5.41, 5.74) is 1.61. The molecule has 0 saturated carbocycles. The molecule has 0 amide bonds. The summed E-state index contributed by atoms with van der Waals surface area (Å²) in [6.07, 6.45) is 3.36. The minimum absolute atomic E-state index is 0.0158. The van der Waals surface area contributed by atoms with E-state index in [1.807, 2.05) is 0 Å². The zero-order valence-corrected chi connectivity index (χ0v) is 18.6. The highest BCUT2D eigenvalue weighted by Crippen LogP contribution is 2.38. The van der Waals surface area contributed by atoms with E-state index in [1.165, 1.54) is 24.5 Å². The van der Waals surface area contributed by atoms with Crippen LogP contribution in [0, 0.1) is 12.7 Å². The Bertz CT molecular complexity index is 1470. The van der Waals surface area contributed by atoms with Gasteiger partial charge in [0.05, 0.1) is 34.2 Å². The van der Waals surface area contributed by atoms with Crippen LogP contribution in [0.25, 0.3) is 21.9 Å². The Kier molecular flexibility index (Phi) is 5.01. The number of hydrogen-bond donors (Lipinski definition) is 3. The summed E-state index contributed by atoms with van der Waals surface area (Å²) in [6, 6.07) is 2.78. The maximum absolute atomic E-state index is 14.4. The number of sulfonamides is 1. The number of aromatic nitrogens is 5.